The molecule has 0 aliphatic carbocycles. The van der Waals surface area contributed by atoms with Gasteiger partial charge < -0.3 is 15.3 Å². The van der Waals surface area contributed by atoms with Gasteiger partial charge in [-0.15, -0.1) is 0 Å². The largest absolute Gasteiger partial charge is 0.481 e. The third-order valence-corrected chi connectivity index (χ3v) is 8.34. The maximum Gasteiger partial charge on any atom is 0.303 e. The van der Waals surface area contributed by atoms with Crippen LogP contribution < -0.4 is 0 Å². The highest BCUT2D eigenvalue weighted by Crippen LogP contribution is 2.15. The van der Waals surface area contributed by atoms with Crippen LogP contribution >= 0.6 is 0 Å². The minimum atomic E-state index is -0.659. The molecule has 0 aliphatic rings. The standard InChI is InChI=1S/C26H55NO4.C12H24O2/c1-2-3-4-5-6-7-8-9-10-11-12-13-14-15-16-17-18-19-20-21-22-27(30-25-23-28)31-26-24-29;1-2-3-4-5-6-7-8-9-10-11-12(13)14/h28-29H,2-26H2,1H3;2-11H2,1H3,(H,13,14). The summed E-state index contributed by atoms with van der Waals surface area (Å²) in [7, 11) is 0. The summed E-state index contributed by atoms with van der Waals surface area (Å²) in [4.78, 5) is 20.8. The van der Waals surface area contributed by atoms with E-state index < -0.39 is 5.97 Å². The Kier molecular flexibility index (Phi) is 44.6. The van der Waals surface area contributed by atoms with E-state index in [0.29, 0.717) is 13.0 Å². The van der Waals surface area contributed by atoms with E-state index >= 15 is 0 Å². The van der Waals surface area contributed by atoms with Crippen molar-refractivity contribution in [3.8, 4) is 0 Å². The summed E-state index contributed by atoms with van der Waals surface area (Å²) >= 11 is 0. The van der Waals surface area contributed by atoms with Crippen molar-refractivity contribution in [1.29, 1.82) is 0 Å². The van der Waals surface area contributed by atoms with E-state index in [9.17, 15) is 4.79 Å². The molecule has 45 heavy (non-hydrogen) atoms. The first-order valence-electron chi connectivity index (χ1n) is 19.6. The first-order chi connectivity index (χ1) is 22.1. The molecule has 0 amide bonds. The molecule has 272 valence electrons. The molecule has 7 heteroatoms. The van der Waals surface area contributed by atoms with Crippen LogP contribution in [0.4, 0.5) is 0 Å². The van der Waals surface area contributed by atoms with Gasteiger partial charge in [0.25, 0.3) is 0 Å². The first kappa shape index (κ1) is 46.4. The number of nitrogens with zero attached hydrogens (tertiary/aromatic N) is 1. The zero-order valence-electron chi connectivity index (χ0n) is 30.3. The number of aliphatic hydroxyl groups is 2. The molecule has 0 rings (SSSR count). The zero-order chi connectivity index (χ0) is 33.3. The van der Waals surface area contributed by atoms with Crippen LogP contribution in [-0.4, -0.2) is 59.5 Å². The Bertz CT molecular complexity index is 528. The molecule has 0 unspecified atom stereocenters. The third-order valence-electron chi connectivity index (χ3n) is 8.34. The number of aliphatic hydroxyl groups excluding tert-OH is 2. The van der Waals surface area contributed by atoms with Crippen molar-refractivity contribution in [1.82, 2.24) is 5.23 Å². The molecule has 0 heterocycles. The lowest BCUT2D eigenvalue weighted by molar-refractivity contribution is -0.371. The zero-order valence-corrected chi connectivity index (χ0v) is 30.3. The lowest BCUT2D eigenvalue weighted by Gasteiger charge is -2.20. The molecule has 0 atom stereocenters. The summed E-state index contributed by atoms with van der Waals surface area (Å²) in [6, 6.07) is 0. The van der Waals surface area contributed by atoms with Crippen molar-refractivity contribution in [3.05, 3.63) is 0 Å². The second-order valence-corrected chi connectivity index (χ2v) is 12.9. The lowest BCUT2D eigenvalue weighted by atomic mass is 10.0. The molecular weight excluding hydrogens is 566 g/mol. The second kappa shape index (κ2) is 43.3. The number of hydrogen-bond donors (Lipinski definition) is 3. The van der Waals surface area contributed by atoms with Gasteiger partial charge in [-0.1, -0.05) is 192 Å². The van der Waals surface area contributed by atoms with Gasteiger partial charge >= 0.3 is 5.97 Å². The number of carboxylic acids is 1. The van der Waals surface area contributed by atoms with Gasteiger partial charge in [0.2, 0.25) is 0 Å². The van der Waals surface area contributed by atoms with E-state index in [1.54, 1.807) is 0 Å². The summed E-state index contributed by atoms with van der Waals surface area (Å²) in [6.07, 6.45) is 39.0. The van der Waals surface area contributed by atoms with Gasteiger partial charge in [-0.2, -0.15) is 0 Å². The summed E-state index contributed by atoms with van der Waals surface area (Å²) in [5.74, 6) is -0.659. The first-order valence-corrected chi connectivity index (χ1v) is 19.6. The number of hydrogen-bond acceptors (Lipinski definition) is 6. The summed E-state index contributed by atoms with van der Waals surface area (Å²) in [5.41, 5.74) is 0. The van der Waals surface area contributed by atoms with E-state index in [1.807, 2.05) is 0 Å². The molecule has 7 nitrogen and oxygen atoms in total. The van der Waals surface area contributed by atoms with Gasteiger partial charge in [-0.3, -0.25) is 14.5 Å². The van der Waals surface area contributed by atoms with E-state index in [4.69, 9.17) is 25.0 Å². The van der Waals surface area contributed by atoms with Gasteiger partial charge in [0, 0.05) is 6.42 Å². The van der Waals surface area contributed by atoms with Crippen LogP contribution in [0, 0.1) is 0 Å². The molecule has 0 spiro atoms. The van der Waals surface area contributed by atoms with Crippen molar-refractivity contribution in [2.45, 2.75) is 206 Å². The molecule has 0 aromatic rings. The molecule has 0 aromatic heterocycles. The van der Waals surface area contributed by atoms with Crippen LogP contribution in [-0.2, 0) is 14.5 Å². The minimum absolute atomic E-state index is 0.0295. The van der Waals surface area contributed by atoms with Gasteiger partial charge in [-0.05, 0) is 12.8 Å². The molecule has 0 aliphatic heterocycles. The second-order valence-electron chi connectivity index (χ2n) is 12.9. The number of carboxylic acid groups (broad SMARTS) is 1. The topological polar surface area (TPSA) is 99.5 Å². The average Bonchev–Trinajstić information content (AvgIpc) is 3.04. The Hall–Kier alpha value is -0.730. The van der Waals surface area contributed by atoms with Crippen LogP contribution in [0.1, 0.15) is 206 Å². The van der Waals surface area contributed by atoms with Crippen LogP contribution in [0.5, 0.6) is 0 Å². The van der Waals surface area contributed by atoms with Gasteiger partial charge in [0.1, 0.15) is 0 Å². The quantitative estimate of drug-likeness (QED) is 0.0456. The highest BCUT2D eigenvalue weighted by molar-refractivity contribution is 5.66. The molecule has 0 radical (unpaired) electrons. The van der Waals surface area contributed by atoms with Crippen LogP contribution in [0.2, 0.25) is 0 Å². The van der Waals surface area contributed by atoms with Gasteiger partial charge in [0.05, 0.1) is 33.0 Å². The monoisotopic (exact) mass is 646 g/mol. The minimum Gasteiger partial charge on any atom is -0.481 e. The Labute approximate surface area is 280 Å². The highest BCUT2D eigenvalue weighted by Gasteiger charge is 2.05. The Morgan fingerprint density at radius 1 is 0.444 bits per heavy atom. The fraction of sp³-hybridized carbons (Fsp3) is 0.974. The molecule has 0 bridgehead atoms. The molecule has 3 N–H and O–H groups in total. The number of carbonyl (C=O) groups is 1. The highest BCUT2D eigenvalue weighted by atomic mass is 16.9. The van der Waals surface area contributed by atoms with Crippen LogP contribution in [0.25, 0.3) is 0 Å². The Morgan fingerprint density at radius 3 is 0.978 bits per heavy atom. The van der Waals surface area contributed by atoms with E-state index in [0.717, 1.165) is 19.3 Å². The normalized spacial score (nSPS) is 11.2. The van der Waals surface area contributed by atoms with Crippen molar-refractivity contribution in [2.24, 2.45) is 0 Å². The Morgan fingerprint density at radius 2 is 0.711 bits per heavy atom. The number of aliphatic carboxylic acids is 1. The van der Waals surface area contributed by atoms with Gasteiger partial charge in [0.15, 0.2) is 0 Å². The lowest BCUT2D eigenvalue weighted by Crippen LogP contribution is -2.28. The van der Waals surface area contributed by atoms with E-state index in [-0.39, 0.29) is 26.4 Å². The summed E-state index contributed by atoms with van der Waals surface area (Å²) in [6.45, 7) is 5.59. The van der Waals surface area contributed by atoms with Crippen LogP contribution in [0.15, 0.2) is 0 Å². The summed E-state index contributed by atoms with van der Waals surface area (Å²) < 4.78 is 0. The molecule has 0 fully saturated rings. The fourth-order valence-electron chi connectivity index (χ4n) is 5.53. The van der Waals surface area contributed by atoms with Crippen molar-refractivity contribution in [3.63, 3.8) is 0 Å². The SMILES string of the molecule is CCCCCCCCCCCC(=O)O.CCCCCCCCCCCCCCCCCCCCCCN(OCCO)OCCO. The van der Waals surface area contributed by atoms with Crippen molar-refractivity contribution in [2.75, 3.05) is 33.0 Å². The molecule has 0 saturated carbocycles. The fourth-order valence-corrected chi connectivity index (χ4v) is 5.53. The van der Waals surface area contributed by atoms with E-state index in [1.165, 1.54) is 172 Å². The average molecular weight is 646 g/mol. The predicted octanol–water partition coefficient (Wildman–Crippen LogP) is 10.9. The molecule has 0 aromatic carbocycles. The van der Waals surface area contributed by atoms with E-state index in [2.05, 4.69) is 13.8 Å². The number of rotatable bonds is 37. The van der Waals surface area contributed by atoms with Crippen molar-refractivity contribution >= 4 is 5.97 Å². The maximum atomic E-state index is 10.2. The smallest absolute Gasteiger partial charge is 0.303 e. The third kappa shape index (κ3) is 45.4. The molecular formula is C38H79NO6. The molecule has 0 saturated heterocycles. The maximum absolute atomic E-state index is 10.2. The number of hydroxylamine groups is 2. The van der Waals surface area contributed by atoms with Crippen molar-refractivity contribution < 1.29 is 29.8 Å². The Balaban J connectivity index is 0. The predicted molar refractivity (Wildman–Crippen MR) is 190 cm³/mol. The summed E-state index contributed by atoms with van der Waals surface area (Å²) in [5, 5.41) is 27.5. The van der Waals surface area contributed by atoms with Gasteiger partial charge in [-0.25, -0.2) is 0 Å². The number of unbranched alkanes of at least 4 members (excludes halogenated alkanes) is 27. The van der Waals surface area contributed by atoms with Crippen LogP contribution in [0.3, 0.4) is 0 Å².